The van der Waals surface area contributed by atoms with Gasteiger partial charge in [-0.1, -0.05) is 12.1 Å². The van der Waals surface area contributed by atoms with Gasteiger partial charge in [0, 0.05) is 12.6 Å². The topological polar surface area (TPSA) is 85.8 Å². The third-order valence-corrected chi connectivity index (χ3v) is 2.89. The molecule has 1 aromatic carbocycles. The molecule has 3 rings (SSSR count). The molecule has 20 heavy (non-hydrogen) atoms. The Balaban J connectivity index is 2.07. The van der Waals surface area contributed by atoms with Crippen molar-refractivity contribution in [2.75, 3.05) is 0 Å². The number of aromatic nitrogens is 5. The van der Waals surface area contributed by atoms with Gasteiger partial charge >= 0.3 is 5.97 Å². The third kappa shape index (κ3) is 2.05. The van der Waals surface area contributed by atoms with Gasteiger partial charge in [-0.3, -0.25) is 4.68 Å². The summed E-state index contributed by atoms with van der Waals surface area (Å²) in [6, 6.07) is 9.04. The van der Waals surface area contributed by atoms with Crippen molar-refractivity contribution in [3.05, 3.63) is 48.4 Å². The molecule has 0 aliphatic heterocycles. The molecule has 1 N–H and O–H groups in total. The molecule has 0 amide bonds. The molecule has 7 heteroatoms. The molecule has 2 heterocycles. The number of aryl methyl sites for hydroxylation is 1. The summed E-state index contributed by atoms with van der Waals surface area (Å²) in [5.41, 5.74) is 2.38. The van der Waals surface area contributed by atoms with Gasteiger partial charge in [0.15, 0.2) is 5.69 Å². The van der Waals surface area contributed by atoms with Gasteiger partial charge in [0.25, 0.3) is 0 Å². The van der Waals surface area contributed by atoms with Crippen molar-refractivity contribution in [3.63, 3.8) is 0 Å². The first-order valence-electron chi connectivity index (χ1n) is 5.89. The Kier molecular flexibility index (Phi) is 2.79. The predicted molar refractivity (Wildman–Crippen MR) is 70.5 cm³/mol. The first kappa shape index (κ1) is 12.1. The molecule has 3 aromatic rings. The summed E-state index contributed by atoms with van der Waals surface area (Å²) in [6.07, 6.45) is 3.19. The third-order valence-electron chi connectivity index (χ3n) is 2.89. The minimum absolute atomic E-state index is 0.0186. The number of rotatable bonds is 3. The molecule has 100 valence electrons. The summed E-state index contributed by atoms with van der Waals surface area (Å²) in [6.45, 7) is 0. The van der Waals surface area contributed by atoms with Crippen LogP contribution in [0.1, 0.15) is 10.5 Å². The molecule has 0 bridgehead atoms. The fourth-order valence-electron chi connectivity index (χ4n) is 1.98. The maximum Gasteiger partial charge on any atom is 0.356 e. The highest BCUT2D eigenvalue weighted by Gasteiger charge is 2.13. The quantitative estimate of drug-likeness (QED) is 0.776. The molecule has 7 nitrogen and oxygen atoms in total. The average Bonchev–Trinajstić information content (AvgIpc) is 3.08. The van der Waals surface area contributed by atoms with E-state index in [1.54, 1.807) is 24.1 Å². The van der Waals surface area contributed by atoms with Gasteiger partial charge < -0.3 is 5.11 Å². The lowest BCUT2D eigenvalue weighted by Crippen LogP contribution is -2.00. The fourth-order valence-corrected chi connectivity index (χ4v) is 1.98. The lowest BCUT2D eigenvalue weighted by Gasteiger charge is -2.04. The highest BCUT2D eigenvalue weighted by molar-refractivity contribution is 5.87. The molecular formula is C13H11N5O2. The number of carboxylic acids is 1. The van der Waals surface area contributed by atoms with E-state index in [-0.39, 0.29) is 5.69 Å². The van der Waals surface area contributed by atoms with Gasteiger partial charge in [0.1, 0.15) is 0 Å². The van der Waals surface area contributed by atoms with E-state index >= 15 is 0 Å². The molecule has 0 fully saturated rings. The number of aromatic carboxylic acids is 1. The van der Waals surface area contributed by atoms with E-state index in [4.69, 9.17) is 5.11 Å². The molecule has 0 saturated carbocycles. The average molecular weight is 269 g/mol. The Bertz CT molecular complexity index is 761. The minimum Gasteiger partial charge on any atom is -0.476 e. The van der Waals surface area contributed by atoms with Crippen LogP contribution in [0.15, 0.2) is 42.7 Å². The second-order valence-electron chi connectivity index (χ2n) is 4.21. The SMILES string of the molecule is Cn1nc(C(=O)O)cc1-c1cccc(-n2nccn2)c1. The van der Waals surface area contributed by atoms with Crippen LogP contribution in [0, 0.1) is 0 Å². The lowest BCUT2D eigenvalue weighted by atomic mass is 10.1. The van der Waals surface area contributed by atoms with Crippen LogP contribution in [0.25, 0.3) is 16.9 Å². The molecular weight excluding hydrogens is 258 g/mol. The van der Waals surface area contributed by atoms with Crippen LogP contribution in [0.2, 0.25) is 0 Å². The summed E-state index contributed by atoms with van der Waals surface area (Å²) in [7, 11) is 1.71. The van der Waals surface area contributed by atoms with E-state index in [1.807, 2.05) is 24.3 Å². The first-order valence-corrected chi connectivity index (χ1v) is 5.89. The zero-order valence-electron chi connectivity index (χ0n) is 10.6. The monoisotopic (exact) mass is 269 g/mol. The summed E-state index contributed by atoms with van der Waals surface area (Å²) < 4.78 is 1.54. The number of hydrogen-bond donors (Lipinski definition) is 1. The Morgan fingerprint density at radius 3 is 2.60 bits per heavy atom. The van der Waals surface area contributed by atoms with Crippen molar-refractivity contribution >= 4 is 5.97 Å². The second-order valence-corrected chi connectivity index (χ2v) is 4.21. The van der Waals surface area contributed by atoms with Crippen LogP contribution in [0.5, 0.6) is 0 Å². The van der Waals surface area contributed by atoms with Gasteiger partial charge in [-0.05, 0) is 18.2 Å². The summed E-state index contributed by atoms with van der Waals surface area (Å²) in [5, 5.41) is 21.1. The van der Waals surface area contributed by atoms with Crippen molar-refractivity contribution in [2.45, 2.75) is 0 Å². The Morgan fingerprint density at radius 1 is 1.20 bits per heavy atom. The number of carboxylic acid groups (broad SMARTS) is 1. The molecule has 0 atom stereocenters. The van der Waals surface area contributed by atoms with Crippen LogP contribution in [0.3, 0.4) is 0 Å². The molecule has 0 unspecified atom stereocenters. The van der Waals surface area contributed by atoms with Gasteiger partial charge in [-0.25, -0.2) is 4.79 Å². The molecule has 0 radical (unpaired) electrons. The zero-order chi connectivity index (χ0) is 14.1. The highest BCUT2D eigenvalue weighted by Crippen LogP contribution is 2.22. The number of nitrogens with zero attached hydrogens (tertiary/aromatic N) is 5. The zero-order valence-corrected chi connectivity index (χ0v) is 10.6. The van der Waals surface area contributed by atoms with Crippen molar-refractivity contribution in [2.24, 2.45) is 7.05 Å². The van der Waals surface area contributed by atoms with E-state index in [9.17, 15) is 4.79 Å². The Morgan fingerprint density at radius 2 is 1.95 bits per heavy atom. The number of hydrogen-bond acceptors (Lipinski definition) is 4. The van der Waals surface area contributed by atoms with Crippen molar-refractivity contribution in [1.82, 2.24) is 24.8 Å². The van der Waals surface area contributed by atoms with E-state index in [0.717, 1.165) is 16.9 Å². The van der Waals surface area contributed by atoms with Gasteiger partial charge in [0.05, 0.1) is 23.8 Å². The van der Waals surface area contributed by atoms with Crippen LogP contribution in [0.4, 0.5) is 0 Å². The molecule has 0 aliphatic carbocycles. The van der Waals surface area contributed by atoms with E-state index in [0.29, 0.717) is 0 Å². The molecule has 0 saturated heterocycles. The lowest BCUT2D eigenvalue weighted by molar-refractivity contribution is 0.0689. The maximum absolute atomic E-state index is 11.0. The fraction of sp³-hybridized carbons (Fsp3) is 0.0769. The van der Waals surface area contributed by atoms with E-state index in [1.165, 1.54) is 10.9 Å². The van der Waals surface area contributed by atoms with Crippen LogP contribution in [-0.4, -0.2) is 35.9 Å². The normalized spacial score (nSPS) is 10.7. The summed E-state index contributed by atoms with van der Waals surface area (Å²) in [4.78, 5) is 12.4. The highest BCUT2D eigenvalue weighted by atomic mass is 16.4. The Labute approximate surface area is 114 Å². The van der Waals surface area contributed by atoms with Crippen LogP contribution >= 0.6 is 0 Å². The molecule has 0 spiro atoms. The van der Waals surface area contributed by atoms with Crippen LogP contribution in [-0.2, 0) is 7.05 Å². The Hall–Kier alpha value is -2.96. The first-order chi connectivity index (χ1) is 9.65. The van der Waals surface area contributed by atoms with E-state index < -0.39 is 5.97 Å². The maximum atomic E-state index is 11.0. The largest absolute Gasteiger partial charge is 0.476 e. The summed E-state index contributed by atoms with van der Waals surface area (Å²) >= 11 is 0. The van der Waals surface area contributed by atoms with Gasteiger partial charge in [-0.2, -0.15) is 20.1 Å². The smallest absolute Gasteiger partial charge is 0.356 e. The van der Waals surface area contributed by atoms with Crippen molar-refractivity contribution in [3.8, 4) is 16.9 Å². The van der Waals surface area contributed by atoms with Crippen LogP contribution < -0.4 is 0 Å². The molecule has 2 aromatic heterocycles. The minimum atomic E-state index is -1.04. The van der Waals surface area contributed by atoms with Gasteiger partial charge in [-0.15, -0.1) is 0 Å². The second kappa shape index (κ2) is 4.61. The standard InChI is InChI=1S/C13H11N5O2/c1-17-12(8-11(16-17)13(19)20)9-3-2-4-10(7-9)18-14-5-6-15-18/h2-8H,1H3,(H,19,20). The van der Waals surface area contributed by atoms with Gasteiger partial charge in [0.2, 0.25) is 0 Å². The van der Waals surface area contributed by atoms with Crippen molar-refractivity contribution in [1.29, 1.82) is 0 Å². The van der Waals surface area contributed by atoms with E-state index in [2.05, 4.69) is 15.3 Å². The van der Waals surface area contributed by atoms with Crippen molar-refractivity contribution < 1.29 is 9.90 Å². The molecule has 0 aliphatic rings. The number of benzene rings is 1. The predicted octanol–water partition coefficient (Wildman–Crippen LogP) is 1.37. The number of carbonyl (C=O) groups is 1. The summed E-state index contributed by atoms with van der Waals surface area (Å²) in [5.74, 6) is -1.04.